The zero-order valence-electron chi connectivity index (χ0n) is 20.7. The van der Waals surface area contributed by atoms with E-state index in [9.17, 15) is 8.42 Å². The Morgan fingerprint density at radius 3 is 2.14 bits per heavy atom. The molecule has 1 heterocycles. The van der Waals surface area contributed by atoms with E-state index in [-0.39, 0.29) is 15.6 Å². The average Bonchev–Trinajstić information content (AvgIpc) is 2.82. The molecule has 1 N–H and O–H groups in total. The maximum atomic E-state index is 13.6. The van der Waals surface area contributed by atoms with Crippen molar-refractivity contribution in [3.05, 3.63) is 101 Å². The minimum Gasteiger partial charge on any atom is -0.370 e. The predicted octanol–water partition coefficient (Wildman–Crippen LogP) is 5.92. The number of hydrogen-bond donors (Lipinski definition) is 1. The molecule has 0 radical (unpaired) electrons. The molecule has 0 fully saturated rings. The van der Waals surface area contributed by atoms with Gasteiger partial charge in [0.1, 0.15) is 10.7 Å². The topological polar surface area (TPSA) is 75.2 Å². The van der Waals surface area contributed by atoms with Gasteiger partial charge in [0.15, 0.2) is 5.82 Å². The highest BCUT2D eigenvalue weighted by molar-refractivity contribution is 7.91. The van der Waals surface area contributed by atoms with Crippen LogP contribution in [-0.2, 0) is 16.4 Å². The van der Waals surface area contributed by atoms with E-state index in [1.54, 1.807) is 19.1 Å². The van der Waals surface area contributed by atoms with Gasteiger partial charge in [-0.25, -0.2) is 18.4 Å². The molecule has 0 saturated carbocycles. The van der Waals surface area contributed by atoms with Crippen LogP contribution in [0.5, 0.6) is 0 Å². The van der Waals surface area contributed by atoms with Gasteiger partial charge in [-0.05, 0) is 68.7 Å². The number of sulfone groups is 1. The number of anilines is 3. The summed E-state index contributed by atoms with van der Waals surface area (Å²) in [6, 6.07) is 21.2. The molecule has 0 aliphatic heterocycles. The van der Waals surface area contributed by atoms with Gasteiger partial charge < -0.3 is 10.2 Å². The molecule has 7 heteroatoms. The first-order chi connectivity index (χ1) is 16.6. The summed E-state index contributed by atoms with van der Waals surface area (Å²) in [5, 5.41) is 3.27. The van der Waals surface area contributed by atoms with Crippen molar-refractivity contribution >= 4 is 27.0 Å². The second kappa shape index (κ2) is 9.88. The van der Waals surface area contributed by atoms with Crippen LogP contribution in [0.1, 0.15) is 28.1 Å². The van der Waals surface area contributed by atoms with Gasteiger partial charge >= 0.3 is 0 Å². The minimum atomic E-state index is -3.85. The maximum Gasteiger partial charge on any atom is 0.211 e. The molecule has 0 unspecified atom stereocenters. The van der Waals surface area contributed by atoms with Crippen LogP contribution in [0.3, 0.4) is 0 Å². The monoisotopic (exact) mass is 486 g/mol. The first-order valence-corrected chi connectivity index (χ1v) is 12.9. The molecule has 0 amide bonds. The summed E-state index contributed by atoms with van der Waals surface area (Å²) in [7, 11) is -1.86. The van der Waals surface area contributed by atoms with Gasteiger partial charge in [0.05, 0.1) is 11.1 Å². The number of aryl methyl sites for hydroxylation is 4. The van der Waals surface area contributed by atoms with Crippen LogP contribution in [0.2, 0.25) is 0 Å². The number of rotatable bonds is 7. The Morgan fingerprint density at radius 1 is 0.886 bits per heavy atom. The van der Waals surface area contributed by atoms with E-state index in [2.05, 4.69) is 44.5 Å². The number of nitrogens with one attached hydrogen (secondary N) is 1. The lowest BCUT2D eigenvalue weighted by molar-refractivity contribution is 0.595. The highest BCUT2D eigenvalue weighted by Crippen LogP contribution is 2.32. The lowest BCUT2D eigenvalue weighted by atomic mass is 10.1. The summed E-state index contributed by atoms with van der Waals surface area (Å²) in [4.78, 5) is 11.0. The van der Waals surface area contributed by atoms with Crippen molar-refractivity contribution in [2.75, 3.05) is 17.3 Å². The highest BCUT2D eigenvalue weighted by atomic mass is 32.2. The smallest absolute Gasteiger partial charge is 0.211 e. The maximum absolute atomic E-state index is 13.6. The summed E-state index contributed by atoms with van der Waals surface area (Å²) < 4.78 is 27.2. The third-order valence-corrected chi connectivity index (χ3v) is 7.71. The van der Waals surface area contributed by atoms with Crippen molar-refractivity contribution in [3.63, 3.8) is 0 Å². The van der Waals surface area contributed by atoms with Gasteiger partial charge in [-0.15, -0.1) is 0 Å². The molecule has 6 nitrogen and oxygen atoms in total. The first-order valence-electron chi connectivity index (χ1n) is 11.4. The Bertz CT molecular complexity index is 1430. The van der Waals surface area contributed by atoms with Crippen molar-refractivity contribution in [3.8, 4) is 0 Å². The summed E-state index contributed by atoms with van der Waals surface area (Å²) in [6.45, 7) is 8.50. The summed E-state index contributed by atoms with van der Waals surface area (Å²) >= 11 is 0. The SMILES string of the molecule is Cc1cc(C)c(Nc2nc(C)ncc2S(=O)(=O)c2ccc(N(C)Cc3ccccc3)cc2)c(C)c1. The van der Waals surface area contributed by atoms with E-state index in [1.165, 1.54) is 11.8 Å². The lowest BCUT2D eigenvalue weighted by Gasteiger charge is -2.20. The van der Waals surface area contributed by atoms with E-state index >= 15 is 0 Å². The Morgan fingerprint density at radius 2 is 1.51 bits per heavy atom. The molecule has 3 aromatic carbocycles. The number of aromatic nitrogens is 2. The molecule has 0 spiro atoms. The number of hydrogen-bond acceptors (Lipinski definition) is 6. The summed E-state index contributed by atoms with van der Waals surface area (Å²) in [5.74, 6) is 0.768. The second-order valence-corrected chi connectivity index (χ2v) is 10.8. The second-order valence-electron chi connectivity index (χ2n) is 8.87. The molecular formula is C28H30N4O2S. The van der Waals surface area contributed by atoms with Crippen molar-refractivity contribution in [1.29, 1.82) is 0 Å². The fourth-order valence-corrected chi connectivity index (χ4v) is 5.49. The third-order valence-electron chi connectivity index (χ3n) is 5.94. The quantitative estimate of drug-likeness (QED) is 0.349. The van der Waals surface area contributed by atoms with Crippen LogP contribution in [0.15, 0.2) is 82.7 Å². The third kappa shape index (κ3) is 5.35. The van der Waals surface area contributed by atoms with Crippen LogP contribution >= 0.6 is 0 Å². The fourth-order valence-electron chi connectivity index (χ4n) is 4.20. The van der Waals surface area contributed by atoms with Crippen molar-refractivity contribution in [1.82, 2.24) is 9.97 Å². The largest absolute Gasteiger partial charge is 0.370 e. The van der Waals surface area contributed by atoms with Crippen LogP contribution in [0.4, 0.5) is 17.2 Å². The first kappa shape index (κ1) is 24.4. The lowest BCUT2D eigenvalue weighted by Crippen LogP contribution is -2.16. The summed E-state index contributed by atoms with van der Waals surface area (Å²) in [5.41, 5.74) is 6.15. The van der Waals surface area contributed by atoms with E-state index < -0.39 is 9.84 Å². The molecule has 180 valence electrons. The molecule has 0 bridgehead atoms. The molecule has 35 heavy (non-hydrogen) atoms. The molecule has 0 saturated heterocycles. The molecule has 0 atom stereocenters. The Balaban J connectivity index is 1.65. The standard InChI is InChI=1S/C28H30N4O2S/c1-19-15-20(2)27(21(3)16-19)31-28-26(17-29-22(4)30-28)35(33,34)25-13-11-24(12-14-25)32(5)18-23-9-7-6-8-10-23/h6-17H,18H2,1-5H3,(H,29,30,31). The van der Waals surface area contributed by atoms with Crippen molar-refractivity contribution < 1.29 is 8.42 Å². The highest BCUT2D eigenvalue weighted by Gasteiger charge is 2.24. The van der Waals surface area contributed by atoms with Crippen molar-refractivity contribution in [2.24, 2.45) is 0 Å². The Labute approximate surface area is 207 Å². The molecular weight excluding hydrogens is 456 g/mol. The summed E-state index contributed by atoms with van der Waals surface area (Å²) in [6.07, 6.45) is 1.38. The van der Waals surface area contributed by atoms with Crippen LogP contribution < -0.4 is 10.2 Å². The normalized spacial score (nSPS) is 11.3. The van der Waals surface area contributed by atoms with E-state index in [0.717, 1.165) is 34.6 Å². The van der Waals surface area contributed by atoms with Crippen LogP contribution in [-0.4, -0.2) is 25.4 Å². The van der Waals surface area contributed by atoms with Gasteiger partial charge in [-0.1, -0.05) is 48.0 Å². The molecule has 4 rings (SSSR count). The van der Waals surface area contributed by atoms with Crippen molar-refractivity contribution in [2.45, 2.75) is 44.0 Å². The van der Waals surface area contributed by atoms with Gasteiger partial charge in [0.25, 0.3) is 0 Å². The molecule has 0 aliphatic carbocycles. The van der Waals surface area contributed by atoms with Gasteiger partial charge in [0.2, 0.25) is 9.84 Å². The number of benzene rings is 3. The van der Waals surface area contributed by atoms with Crippen LogP contribution in [0.25, 0.3) is 0 Å². The average molecular weight is 487 g/mol. The zero-order chi connectivity index (χ0) is 25.2. The fraction of sp³-hybridized carbons (Fsp3) is 0.214. The van der Waals surface area contributed by atoms with Gasteiger partial charge in [0, 0.05) is 25.0 Å². The van der Waals surface area contributed by atoms with E-state index in [0.29, 0.717) is 5.82 Å². The molecule has 1 aromatic heterocycles. The van der Waals surface area contributed by atoms with Gasteiger partial charge in [-0.3, -0.25) is 0 Å². The van der Waals surface area contributed by atoms with E-state index in [1.807, 2.05) is 58.2 Å². The predicted molar refractivity (Wildman–Crippen MR) is 141 cm³/mol. The minimum absolute atomic E-state index is 0.0489. The molecule has 4 aromatic rings. The Hall–Kier alpha value is -3.71. The van der Waals surface area contributed by atoms with Crippen LogP contribution in [0, 0.1) is 27.7 Å². The van der Waals surface area contributed by atoms with Gasteiger partial charge in [-0.2, -0.15) is 0 Å². The Kier molecular flexibility index (Phi) is 6.89. The number of nitrogens with zero attached hydrogens (tertiary/aromatic N) is 3. The van der Waals surface area contributed by atoms with E-state index in [4.69, 9.17) is 0 Å². The molecule has 0 aliphatic rings. The zero-order valence-corrected chi connectivity index (χ0v) is 21.5.